The van der Waals surface area contributed by atoms with Crippen LogP contribution in [0.5, 0.6) is 0 Å². The maximum Gasteiger partial charge on any atom is 0.306 e. The molecule has 0 aromatic rings. The highest BCUT2D eigenvalue weighted by Gasteiger charge is 2.34. The number of methoxy groups -OCH3 is 1. The predicted molar refractivity (Wildman–Crippen MR) is 68.1 cm³/mol. The molecule has 0 aliphatic carbocycles. The van der Waals surface area contributed by atoms with Crippen molar-refractivity contribution < 1.29 is 27.8 Å². The van der Waals surface area contributed by atoms with Gasteiger partial charge in [0.1, 0.15) is 0 Å². The van der Waals surface area contributed by atoms with E-state index in [1.165, 1.54) is 14.2 Å². The molecule has 1 aliphatic heterocycles. The summed E-state index contributed by atoms with van der Waals surface area (Å²) < 4.78 is 34.5. The Hall–Kier alpha value is -0.700. The van der Waals surface area contributed by atoms with Crippen molar-refractivity contribution >= 4 is 16.0 Å². The Morgan fingerprint density at radius 2 is 2.00 bits per heavy atom. The van der Waals surface area contributed by atoms with Crippen molar-refractivity contribution in [2.75, 3.05) is 39.7 Å². The van der Waals surface area contributed by atoms with E-state index in [1.807, 2.05) is 0 Å². The van der Waals surface area contributed by atoms with E-state index in [9.17, 15) is 18.3 Å². The van der Waals surface area contributed by atoms with Crippen LogP contribution in [0.4, 0.5) is 0 Å². The topological polar surface area (TPSA) is 93.1 Å². The fourth-order valence-electron chi connectivity index (χ4n) is 1.89. The van der Waals surface area contributed by atoms with E-state index in [-0.39, 0.29) is 18.7 Å². The molecule has 19 heavy (non-hydrogen) atoms. The lowest BCUT2D eigenvalue weighted by Crippen LogP contribution is -2.47. The quantitative estimate of drug-likeness (QED) is 0.655. The Balaban J connectivity index is 2.55. The molecule has 1 N–H and O–H groups in total. The van der Waals surface area contributed by atoms with Crippen LogP contribution < -0.4 is 0 Å². The van der Waals surface area contributed by atoms with Gasteiger partial charge in [0.2, 0.25) is 10.0 Å². The summed E-state index contributed by atoms with van der Waals surface area (Å²) in [5, 5.41) is 10.3. The molecule has 8 heteroatoms. The Bertz CT molecular complexity index is 401. The molecule has 1 fully saturated rings. The fourth-order valence-corrected chi connectivity index (χ4v) is 3.07. The SMILES string of the molecule is COC(=O)CCS(=O)(=O)N(C)CC1(O)CCOCC1. The van der Waals surface area contributed by atoms with Crippen molar-refractivity contribution in [2.45, 2.75) is 24.9 Å². The molecule has 0 aromatic heterocycles. The van der Waals surface area contributed by atoms with Crippen molar-refractivity contribution in [3.63, 3.8) is 0 Å². The van der Waals surface area contributed by atoms with Crippen molar-refractivity contribution in [3.8, 4) is 0 Å². The van der Waals surface area contributed by atoms with Crippen LogP contribution in [-0.2, 0) is 24.3 Å². The van der Waals surface area contributed by atoms with Gasteiger partial charge in [0.15, 0.2) is 0 Å². The van der Waals surface area contributed by atoms with Gasteiger partial charge >= 0.3 is 5.97 Å². The Morgan fingerprint density at radius 3 is 2.53 bits per heavy atom. The molecule has 0 amide bonds. The first-order chi connectivity index (χ1) is 8.79. The van der Waals surface area contributed by atoms with Crippen molar-refractivity contribution in [3.05, 3.63) is 0 Å². The number of likely N-dealkylation sites (N-methyl/N-ethyl adjacent to an activating group) is 1. The largest absolute Gasteiger partial charge is 0.469 e. The molecule has 7 nitrogen and oxygen atoms in total. The summed E-state index contributed by atoms with van der Waals surface area (Å²) in [5.41, 5.74) is -1.05. The van der Waals surface area contributed by atoms with Gasteiger partial charge in [0, 0.05) is 39.6 Å². The second-order valence-corrected chi connectivity index (χ2v) is 6.93. The molecule has 0 saturated carbocycles. The Labute approximate surface area is 113 Å². The molecule has 0 bridgehead atoms. The lowest BCUT2D eigenvalue weighted by molar-refractivity contribution is -0.140. The van der Waals surface area contributed by atoms with Crippen LogP contribution in [0.2, 0.25) is 0 Å². The zero-order valence-corrected chi connectivity index (χ0v) is 12.1. The van der Waals surface area contributed by atoms with Gasteiger partial charge < -0.3 is 14.6 Å². The average Bonchev–Trinajstić information content (AvgIpc) is 2.36. The minimum atomic E-state index is -3.57. The molecule has 1 rings (SSSR count). The molecule has 1 saturated heterocycles. The zero-order valence-electron chi connectivity index (χ0n) is 11.3. The first-order valence-corrected chi connectivity index (χ1v) is 7.71. The zero-order chi connectivity index (χ0) is 14.5. The summed E-state index contributed by atoms with van der Waals surface area (Å²) >= 11 is 0. The van der Waals surface area contributed by atoms with Crippen LogP contribution in [0.25, 0.3) is 0 Å². The summed E-state index contributed by atoms with van der Waals surface area (Å²) in [6.07, 6.45) is 0.623. The first-order valence-electron chi connectivity index (χ1n) is 6.10. The van der Waals surface area contributed by atoms with E-state index in [4.69, 9.17) is 4.74 Å². The third-order valence-electron chi connectivity index (χ3n) is 3.21. The molecular formula is C11H21NO6S. The molecule has 0 radical (unpaired) electrons. The third kappa shape index (κ3) is 5.06. The number of sulfonamides is 1. The average molecular weight is 295 g/mol. The number of hydrogen-bond acceptors (Lipinski definition) is 6. The number of rotatable bonds is 6. The minimum absolute atomic E-state index is 0.0138. The molecule has 0 atom stereocenters. The van der Waals surface area contributed by atoms with Crippen molar-refractivity contribution in [1.82, 2.24) is 4.31 Å². The summed E-state index contributed by atoms with van der Waals surface area (Å²) in [6.45, 7) is 0.860. The summed E-state index contributed by atoms with van der Waals surface area (Å²) in [4.78, 5) is 11.0. The van der Waals surface area contributed by atoms with Crippen LogP contribution in [0.15, 0.2) is 0 Å². The highest BCUT2D eigenvalue weighted by atomic mass is 32.2. The normalized spacial score (nSPS) is 19.4. The van der Waals surface area contributed by atoms with Gasteiger partial charge in [-0.1, -0.05) is 0 Å². The second-order valence-electron chi connectivity index (χ2n) is 4.73. The Kier molecular flexibility index (Phi) is 5.72. The number of carbonyl (C=O) groups excluding carboxylic acids is 1. The number of carbonyl (C=O) groups is 1. The van der Waals surface area contributed by atoms with Crippen molar-refractivity contribution in [1.29, 1.82) is 0 Å². The smallest absolute Gasteiger partial charge is 0.306 e. The van der Waals surface area contributed by atoms with Gasteiger partial charge in [-0.25, -0.2) is 12.7 Å². The lowest BCUT2D eigenvalue weighted by atomic mass is 9.95. The van der Waals surface area contributed by atoms with E-state index in [2.05, 4.69) is 4.74 Å². The standard InChI is InChI=1S/C11H21NO6S/c1-12(9-11(14)4-6-18-7-5-11)19(15,16)8-3-10(13)17-2/h14H,3-9H2,1-2H3. The monoisotopic (exact) mass is 295 g/mol. The van der Waals surface area contributed by atoms with Gasteiger partial charge in [0.25, 0.3) is 0 Å². The van der Waals surface area contributed by atoms with Gasteiger partial charge in [-0.15, -0.1) is 0 Å². The minimum Gasteiger partial charge on any atom is -0.469 e. The first kappa shape index (κ1) is 16.4. The summed E-state index contributed by atoms with van der Waals surface area (Å²) in [6, 6.07) is 0. The van der Waals surface area contributed by atoms with Gasteiger partial charge in [-0.05, 0) is 0 Å². The maximum absolute atomic E-state index is 11.9. The van der Waals surface area contributed by atoms with E-state index in [0.717, 1.165) is 4.31 Å². The third-order valence-corrected chi connectivity index (χ3v) is 5.01. The molecule has 1 heterocycles. The second kappa shape index (κ2) is 6.65. The number of aliphatic hydroxyl groups is 1. The molecular weight excluding hydrogens is 274 g/mol. The highest BCUT2D eigenvalue weighted by molar-refractivity contribution is 7.89. The van der Waals surface area contributed by atoms with E-state index < -0.39 is 21.6 Å². The molecule has 0 unspecified atom stereocenters. The number of hydrogen-bond donors (Lipinski definition) is 1. The molecule has 1 aliphatic rings. The lowest BCUT2D eigenvalue weighted by Gasteiger charge is -2.34. The summed E-state index contributed by atoms with van der Waals surface area (Å²) in [7, 11) is -0.957. The molecule has 0 aromatic carbocycles. The van der Waals surface area contributed by atoms with E-state index in [1.54, 1.807) is 0 Å². The van der Waals surface area contributed by atoms with Crippen LogP contribution in [0.1, 0.15) is 19.3 Å². The highest BCUT2D eigenvalue weighted by Crippen LogP contribution is 2.22. The predicted octanol–water partition coefficient (Wildman–Crippen LogP) is -0.647. The van der Waals surface area contributed by atoms with Crippen molar-refractivity contribution in [2.24, 2.45) is 0 Å². The van der Waals surface area contributed by atoms with Crippen LogP contribution >= 0.6 is 0 Å². The van der Waals surface area contributed by atoms with E-state index in [0.29, 0.717) is 26.1 Å². The van der Waals surface area contributed by atoms with Gasteiger partial charge in [-0.3, -0.25) is 4.79 Å². The van der Waals surface area contributed by atoms with Gasteiger partial charge in [0.05, 0.1) is 24.9 Å². The van der Waals surface area contributed by atoms with Gasteiger partial charge in [-0.2, -0.15) is 0 Å². The maximum atomic E-state index is 11.9. The summed E-state index contributed by atoms with van der Waals surface area (Å²) in [5.74, 6) is -0.885. The van der Waals surface area contributed by atoms with E-state index >= 15 is 0 Å². The van der Waals surface area contributed by atoms with Crippen LogP contribution in [0, 0.1) is 0 Å². The van der Waals surface area contributed by atoms with Crippen LogP contribution in [-0.4, -0.2) is 69.1 Å². The Morgan fingerprint density at radius 1 is 1.42 bits per heavy atom. The number of ether oxygens (including phenoxy) is 2. The number of esters is 1. The molecule has 0 spiro atoms. The fraction of sp³-hybridized carbons (Fsp3) is 0.909. The van der Waals surface area contributed by atoms with Crippen LogP contribution in [0.3, 0.4) is 0 Å². The molecule has 112 valence electrons. The number of nitrogens with zero attached hydrogens (tertiary/aromatic N) is 1.